The fourth-order valence-electron chi connectivity index (χ4n) is 3.11. The van der Waals surface area contributed by atoms with Crippen molar-refractivity contribution in [3.05, 3.63) is 70.8 Å². The number of hydrogen-bond donors (Lipinski definition) is 1. The van der Waals surface area contributed by atoms with Gasteiger partial charge in [-0.1, -0.05) is 67.9 Å². The second-order valence-corrected chi connectivity index (χ2v) is 7.12. The summed E-state index contributed by atoms with van der Waals surface area (Å²) in [5.41, 5.74) is 5.89. The van der Waals surface area contributed by atoms with E-state index in [4.69, 9.17) is 0 Å². The van der Waals surface area contributed by atoms with Gasteiger partial charge in [0.1, 0.15) is 0 Å². The molecule has 1 nitrogen and oxygen atoms in total. The second-order valence-electron chi connectivity index (χ2n) is 7.12. The first-order valence-corrected chi connectivity index (χ1v) is 7.85. The lowest BCUT2D eigenvalue weighted by Crippen LogP contribution is -2.27. The molecule has 0 radical (unpaired) electrons. The van der Waals surface area contributed by atoms with E-state index in [0.717, 1.165) is 0 Å². The Bertz CT molecular complexity index is 628. The molecule has 2 aromatic rings. The lowest BCUT2D eigenvalue weighted by Gasteiger charge is -2.23. The summed E-state index contributed by atoms with van der Waals surface area (Å²) in [6, 6.07) is 18.5. The summed E-state index contributed by atoms with van der Waals surface area (Å²) in [7, 11) is 0. The molecule has 21 heavy (non-hydrogen) atoms. The molecule has 1 N–H and O–H groups in total. The summed E-state index contributed by atoms with van der Waals surface area (Å²) in [6.45, 7) is 9.06. The maximum absolute atomic E-state index is 3.87. The van der Waals surface area contributed by atoms with Gasteiger partial charge in [0.2, 0.25) is 0 Å². The molecule has 0 amide bonds. The molecule has 1 aliphatic carbocycles. The summed E-state index contributed by atoms with van der Waals surface area (Å²) in [4.78, 5) is 0. The third kappa shape index (κ3) is 3.03. The first-order chi connectivity index (χ1) is 9.97. The molecule has 1 fully saturated rings. The predicted octanol–water partition coefficient (Wildman–Crippen LogP) is 4.78. The third-order valence-corrected chi connectivity index (χ3v) is 4.75. The van der Waals surface area contributed by atoms with Crippen LogP contribution in [0.2, 0.25) is 0 Å². The van der Waals surface area contributed by atoms with Crippen LogP contribution in [-0.2, 0) is 0 Å². The lowest BCUT2D eigenvalue weighted by atomic mass is 9.93. The molecule has 0 spiro atoms. The summed E-state index contributed by atoms with van der Waals surface area (Å²) >= 11 is 0. The van der Waals surface area contributed by atoms with Gasteiger partial charge in [0.15, 0.2) is 0 Å². The number of nitrogens with one attached hydrogen (secondary N) is 1. The average molecular weight is 279 g/mol. The topological polar surface area (TPSA) is 12.0 Å². The zero-order chi connectivity index (χ0) is 15.0. The van der Waals surface area contributed by atoms with E-state index in [1.807, 2.05) is 0 Å². The first kappa shape index (κ1) is 14.3. The summed E-state index contributed by atoms with van der Waals surface area (Å²) in [5.74, 6) is 0. The Balaban J connectivity index is 1.96. The standard InChI is InChI=1S/C20H25N/c1-14-10-11-17(15(2)12-14)19(16-8-6-5-7-9-16)21-18-13-20(18,3)4/h5-12,18-19,21H,13H2,1-4H3. The molecule has 2 atom stereocenters. The van der Waals surface area contributed by atoms with Gasteiger partial charge in [-0.2, -0.15) is 0 Å². The van der Waals surface area contributed by atoms with Crippen molar-refractivity contribution in [2.75, 3.05) is 0 Å². The van der Waals surface area contributed by atoms with E-state index in [2.05, 4.69) is 81.5 Å². The van der Waals surface area contributed by atoms with Gasteiger partial charge in [0, 0.05) is 6.04 Å². The maximum Gasteiger partial charge on any atom is 0.0581 e. The molecule has 2 unspecified atom stereocenters. The van der Waals surface area contributed by atoms with E-state index in [9.17, 15) is 0 Å². The van der Waals surface area contributed by atoms with Crippen molar-refractivity contribution in [1.29, 1.82) is 0 Å². The molecule has 0 bridgehead atoms. The van der Waals surface area contributed by atoms with Gasteiger partial charge in [0.25, 0.3) is 0 Å². The fourth-order valence-corrected chi connectivity index (χ4v) is 3.11. The van der Waals surface area contributed by atoms with Crippen LogP contribution in [0.1, 0.15) is 48.6 Å². The van der Waals surface area contributed by atoms with E-state index in [-0.39, 0.29) is 0 Å². The first-order valence-electron chi connectivity index (χ1n) is 7.85. The van der Waals surface area contributed by atoms with Crippen molar-refractivity contribution in [2.45, 2.75) is 46.2 Å². The Morgan fingerprint density at radius 1 is 1.05 bits per heavy atom. The zero-order valence-corrected chi connectivity index (χ0v) is 13.5. The minimum absolute atomic E-state index is 0.290. The number of benzene rings is 2. The second kappa shape index (κ2) is 5.31. The average Bonchev–Trinajstić information content (AvgIpc) is 3.05. The summed E-state index contributed by atoms with van der Waals surface area (Å²) in [6.07, 6.45) is 1.27. The van der Waals surface area contributed by atoms with Crippen LogP contribution >= 0.6 is 0 Å². The van der Waals surface area contributed by atoms with Crippen molar-refractivity contribution in [3.63, 3.8) is 0 Å². The SMILES string of the molecule is Cc1ccc(C(NC2CC2(C)C)c2ccccc2)c(C)c1. The Hall–Kier alpha value is -1.60. The predicted molar refractivity (Wildman–Crippen MR) is 89.5 cm³/mol. The zero-order valence-electron chi connectivity index (χ0n) is 13.5. The highest BCUT2D eigenvalue weighted by molar-refractivity contribution is 5.39. The molecule has 0 heterocycles. The normalized spacial score (nSPS) is 21.0. The van der Waals surface area contributed by atoms with Gasteiger partial charge in [-0.05, 0) is 42.4 Å². The van der Waals surface area contributed by atoms with Crippen molar-refractivity contribution in [1.82, 2.24) is 5.32 Å². The van der Waals surface area contributed by atoms with Crippen molar-refractivity contribution in [3.8, 4) is 0 Å². The molecular formula is C20H25N. The van der Waals surface area contributed by atoms with Crippen LogP contribution in [-0.4, -0.2) is 6.04 Å². The van der Waals surface area contributed by atoms with E-state index in [1.165, 1.54) is 28.7 Å². The van der Waals surface area contributed by atoms with E-state index >= 15 is 0 Å². The van der Waals surface area contributed by atoms with Gasteiger partial charge in [-0.3, -0.25) is 0 Å². The van der Waals surface area contributed by atoms with Crippen LogP contribution in [0.5, 0.6) is 0 Å². The Morgan fingerprint density at radius 3 is 2.29 bits per heavy atom. The molecule has 0 aromatic heterocycles. The molecule has 110 valence electrons. The number of rotatable bonds is 4. The van der Waals surface area contributed by atoms with Crippen molar-refractivity contribution >= 4 is 0 Å². The van der Waals surface area contributed by atoms with Gasteiger partial charge in [0.05, 0.1) is 6.04 Å². The molecule has 0 saturated heterocycles. The van der Waals surface area contributed by atoms with Gasteiger partial charge in [-0.15, -0.1) is 0 Å². The Kier molecular flexibility index (Phi) is 3.62. The van der Waals surface area contributed by atoms with E-state index in [0.29, 0.717) is 17.5 Å². The molecule has 1 heteroatoms. The molecule has 0 aliphatic heterocycles. The van der Waals surface area contributed by atoms with Crippen molar-refractivity contribution in [2.24, 2.45) is 5.41 Å². The van der Waals surface area contributed by atoms with Gasteiger partial charge < -0.3 is 5.32 Å². The number of hydrogen-bond acceptors (Lipinski definition) is 1. The molecular weight excluding hydrogens is 254 g/mol. The molecule has 1 saturated carbocycles. The van der Waals surface area contributed by atoms with E-state index in [1.54, 1.807) is 0 Å². The third-order valence-electron chi connectivity index (χ3n) is 4.75. The molecule has 1 aliphatic rings. The Morgan fingerprint density at radius 2 is 1.71 bits per heavy atom. The van der Waals surface area contributed by atoms with Crippen LogP contribution in [0.15, 0.2) is 48.5 Å². The highest BCUT2D eigenvalue weighted by Gasteiger charge is 2.46. The number of aryl methyl sites for hydroxylation is 2. The van der Waals surface area contributed by atoms with Crippen LogP contribution in [0.25, 0.3) is 0 Å². The minimum Gasteiger partial charge on any atom is -0.303 e. The minimum atomic E-state index is 0.290. The Labute approximate surface area is 128 Å². The smallest absolute Gasteiger partial charge is 0.0581 e. The highest BCUT2D eigenvalue weighted by Crippen LogP contribution is 2.46. The maximum atomic E-state index is 3.87. The van der Waals surface area contributed by atoms with Crippen molar-refractivity contribution < 1.29 is 0 Å². The van der Waals surface area contributed by atoms with Gasteiger partial charge >= 0.3 is 0 Å². The monoisotopic (exact) mass is 279 g/mol. The van der Waals surface area contributed by atoms with E-state index < -0.39 is 0 Å². The van der Waals surface area contributed by atoms with Crippen LogP contribution in [0, 0.1) is 19.3 Å². The quantitative estimate of drug-likeness (QED) is 0.849. The fraction of sp³-hybridized carbons (Fsp3) is 0.400. The lowest BCUT2D eigenvalue weighted by molar-refractivity contribution is 0.506. The van der Waals surface area contributed by atoms with Gasteiger partial charge in [-0.25, -0.2) is 0 Å². The van der Waals surface area contributed by atoms with Crippen LogP contribution < -0.4 is 5.32 Å². The summed E-state index contributed by atoms with van der Waals surface area (Å²) in [5, 5.41) is 3.87. The highest BCUT2D eigenvalue weighted by atomic mass is 15.0. The summed E-state index contributed by atoms with van der Waals surface area (Å²) < 4.78 is 0. The van der Waals surface area contributed by atoms with Crippen LogP contribution in [0.3, 0.4) is 0 Å². The van der Waals surface area contributed by atoms with Crippen LogP contribution in [0.4, 0.5) is 0 Å². The largest absolute Gasteiger partial charge is 0.303 e. The molecule has 3 rings (SSSR count). The molecule has 2 aromatic carbocycles.